The fraction of sp³-hybridized carbons (Fsp3) is 0.429. The van der Waals surface area contributed by atoms with Crippen LogP contribution < -0.4 is 14.8 Å². The number of hydrogen-bond acceptors (Lipinski definition) is 5. The largest absolute Gasteiger partial charge is 0.493 e. The van der Waals surface area contributed by atoms with Gasteiger partial charge >= 0.3 is 5.97 Å². The number of methoxy groups -OCH3 is 2. The molecule has 1 fully saturated rings. The Morgan fingerprint density at radius 3 is 2.75 bits per heavy atom. The maximum Gasteiger partial charge on any atom is 0.337 e. The van der Waals surface area contributed by atoms with Gasteiger partial charge in [-0.15, -0.1) is 0 Å². The molecule has 1 unspecified atom stereocenters. The Labute approximate surface area is 117 Å². The predicted octanol–water partition coefficient (Wildman–Crippen LogP) is 1.14. The van der Waals surface area contributed by atoms with Gasteiger partial charge in [0, 0.05) is 6.42 Å². The van der Waals surface area contributed by atoms with Crippen LogP contribution in [0.25, 0.3) is 0 Å². The van der Waals surface area contributed by atoms with Crippen LogP contribution in [-0.4, -0.2) is 38.7 Å². The summed E-state index contributed by atoms with van der Waals surface area (Å²) in [6.45, 7) is 0.340. The average molecular weight is 279 g/mol. The first kappa shape index (κ1) is 14.2. The fourth-order valence-electron chi connectivity index (χ4n) is 2.03. The van der Waals surface area contributed by atoms with Crippen molar-refractivity contribution in [2.24, 2.45) is 0 Å². The third-order valence-corrected chi connectivity index (χ3v) is 3.11. The van der Waals surface area contributed by atoms with Crippen molar-refractivity contribution in [3.05, 3.63) is 23.8 Å². The predicted molar refractivity (Wildman–Crippen MR) is 71.0 cm³/mol. The van der Waals surface area contributed by atoms with Crippen molar-refractivity contribution in [2.45, 2.75) is 18.9 Å². The van der Waals surface area contributed by atoms with Crippen LogP contribution in [0.5, 0.6) is 11.5 Å². The second-order valence-corrected chi connectivity index (χ2v) is 4.47. The minimum Gasteiger partial charge on any atom is -0.493 e. The first-order chi connectivity index (χ1) is 9.63. The summed E-state index contributed by atoms with van der Waals surface area (Å²) in [5.74, 6) is 0.582. The van der Waals surface area contributed by atoms with E-state index in [1.54, 1.807) is 18.2 Å². The molecule has 1 atom stereocenters. The van der Waals surface area contributed by atoms with Gasteiger partial charge in [-0.05, 0) is 24.6 Å². The van der Waals surface area contributed by atoms with Crippen LogP contribution in [0.4, 0.5) is 0 Å². The molecule has 0 saturated carbocycles. The molecule has 0 radical (unpaired) electrons. The zero-order valence-corrected chi connectivity index (χ0v) is 11.5. The van der Waals surface area contributed by atoms with Gasteiger partial charge in [-0.3, -0.25) is 4.79 Å². The van der Waals surface area contributed by atoms with Crippen LogP contribution in [0.2, 0.25) is 0 Å². The number of amides is 1. The molecule has 6 nitrogen and oxygen atoms in total. The van der Waals surface area contributed by atoms with Crippen molar-refractivity contribution >= 4 is 11.9 Å². The molecular weight excluding hydrogens is 262 g/mol. The van der Waals surface area contributed by atoms with E-state index < -0.39 is 5.97 Å². The molecule has 1 amide bonds. The van der Waals surface area contributed by atoms with Crippen molar-refractivity contribution in [1.82, 2.24) is 5.32 Å². The van der Waals surface area contributed by atoms with E-state index >= 15 is 0 Å². The Morgan fingerprint density at radius 2 is 2.15 bits per heavy atom. The average Bonchev–Trinajstić information content (AvgIpc) is 2.89. The number of benzene rings is 1. The molecule has 0 aliphatic carbocycles. The number of carbonyl (C=O) groups is 2. The van der Waals surface area contributed by atoms with Gasteiger partial charge in [0.2, 0.25) is 5.91 Å². The van der Waals surface area contributed by atoms with Crippen molar-refractivity contribution in [3.8, 4) is 11.5 Å². The third kappa shape index (κ3) is 3.20. The van der Waals surface area contributed by atoms with Gasteiger partial charge in [0.1, 0.15) is 6.61 Å². The quantitative estimate of drug-likeness (QED) is 0.818. The molecule has 0 aromatic heterocycles. The highest BCUT2D eigenvalue weighted by Crippen LogP contribution is 2.28. The minimum atomic E-state index is -0.438. The number of hydrogen-bond donors (Lipinski definition) is 1. The van der Waals surface area contributed by atoms with Crippen molar-refractivity contribution in [1.29, 1.82) is 0 Å². The lowest BCUT2D eigenvalue weighted by molar-refractivity contribution is -0.119. The second kappa shape index (κ2) is 6.27. The number of nitrogens with one attached hydrogen (secondary N) is 1. The zero-order valence-electron chi connectivity index (χ0n) is 11.5. The van der Waals surface area contributed by atoms with E-state index in [-0.39, 0.29) is 11.9 Å². The Bertz CT molecular complexity index is 514. The normalized spacial score (nSPS) is 17.5. The van der Waals surface area contributed by atoms with Crippen LogP contribution in [0.3, 0.4) is 0 Å². The van der Waals surface area contributed by atoms with E-state index in [1.807, 2.05) is 0 Å². The Hall–Kier alpha value is -2.24. The number of ether oxygens (including phenoxy) is 3. The lowest BCUT2D eigenvalue weighted by Crippen LogP contribution is -2.30. The van der Waals surface area contributed by atoms with E-state index in [0.29, 0.717) is 30.1 Å². The highest BCUT2D eigenvalue weighted by Gasteiger charge is 2.22. The molecule has 20 heavy (non-hydrogen) atoms. The number of rotatable bonds is 5. The summed E-state index contributed by atoms with van der Waals surface area (Å²) in [6.07, 6.45) is 1.27. The SMILES string of the molecule is COC(=O)c1ccc(OC)c(OCC2CCC(=O)N2)c1. The first-order valence-corrected chi connectivity index (χ1v) is 6.32. The van der Waals surface area contributed by atoms with Crippen LogP contribution in [-0.2, 0) is 9.53 Å². The van der Waals surface area contributed by atoms with Crippen LogP contribution in [0.15, 0.2) is 18.2 Å². The van der Waals surface area contributed by atoms with Gasteiger partial charge in [-0.25, -0.2) is 4.79 Å². The van der Waals surface area contributed by atoms with Crippen molar-refractivity contribution in [2.75, 3.05) is 20.8 Å². The first-order valence-electron chi connectivity index (χ1n) is 6.32. The fourth-order valence-corrected chi connectivity index (χ4v) is 2.03. The highest BCUT2D eigenvalue weighted by molar-refractivity contribution is 5.90. The molecule has 1 aliphatic rings. The molecule has 0 spiro atoms. The molecule has 1 aromatic carbocycles. The molecule has 108 valence electrons. The summed E-state index contributed by atoms with van der Waals surface area (Å²) in [5.41, 5.74) is 0.388. The summed E-state index contributed by atoms with van der Waals surface area (Å²) in [7, 11) is 2.85. The van der Waals surface area contributed by atoms with E-state index in [9.17, 15) is 9.59 Å². The van der Waals surface area contributed by atoms with Crippen molar-refractivity contribution in [3.63, 3.8) is 0 Å². The zero-order chi connectivity index (χ0) is 14.5. The summed E-state index contributed by atoms with van der Waals surface area (Å²) in [5, 5.41) is 2.81. The van der Waals surface area contributed by atoms with Crippen LogP contribution in [0, 0.1) is 0 Å². The number of esters is 1. The molecule has 1 aliphatic heterocycles. The molecule has 1 N–H and O–H groups in total. The monoisotopic (exact) mass is 279 g/mol. The lowest BCUT2D eigenvalue weighted by Gasteiger charge is -2.15. The molecule has 1 saturated heterocycles. The van der Waals surface area contributed by atoms with Gasteiger partial charge in [0.05, 0.1) is 25.8 Å². The summed E-state index contributed by atoms with van der Waals surface area (Å²) in [4.78, 5) is 22.6. The summed E-state index contributed by atoms with van der Waals surface area (Å²) < 4.78 is 15.5. The highest BCUT2D eigenvalue weighted by atomic mass is 16.5. The third-order valence-electron chi connectivity index (χ3n) is 3.11. The molecule has 2 rings (SSSR count). The van der Waals surface area contributed by atoms with E-state index in [1.165, 1.54) is 14.2 Å². The number of carbonyl (C=O) groups excluding carboxylic acids is 2. The topological polar surface area (TPSA) is 73.9 Å². The van der Waals surface area contributed by atoms with Gasteiger partial charge in [0.15, 0.2) is 11.5 Å². The molecule has 0 bridgehead atoms. The second-order valence-electron chi connectivity index (χ2n) is 4.47. The minimum absolute atomic E-state index is 0.00557. The van der Waals surface area contributed by atoms with E-state index in [4.69, 9.17) is 9.47 Å². The van der Waals surface area contributed by atoms with Gasteiger partial charge in [0.25, 0.3) is 0 Å². The molecular formula is C14H17NO5. The Morgan fingerprint density at radius 1 is 1.35 bits per heavy atom. The molecule has 6 heteroatoms. The van der Waals surface area contributed by atoms with Crippen molar-refractivity contribution < 1.29 is 23.8 Å². The van der Waals surface area contributed by atoms with E-state index in [2.05, 4.69) is 10.1 Å². The lowest BCUT2D eigenvalue weighted by atomic mass is 10.2. The smallest absolute Gasteiger partial charge is 0.337 e. The summed E-state index contributed by atoms with van der Waals surface area (Å²) >= 11 is 0. The van der Waals surface area contributed by atoms with E-state index in [0.717, 1.165) is 6.42 Å². The van der Waals surface area contributed by atoms with Gasteiger partial charge < -0.3 is 19.5 Å². The standard InChI is InChI=1S/C14H17NO5/c1-18-11-5-3-9(14(17)19-2)7-12(11)20-8-10-4-6-13(16)15-10/h3,5,7,10H,4,6,8H2,1-2H3,(H,15,16). The van der Waals surface area contributed by atoms with Gasteiger partial charge in [-0.2, -0.15) is 0 Å². The van der Waals surface area contributed by atoms with Gasteiger partial charge in [-0.1, -0.05) is 0 Å². The maximum atomic E-state index is 11.5. The molecule has 1 heterocycles. The van der Waals surface area contributed by atoms with Crippen LogP contribution in [0.1, 0.15) is 23.2 Å². The summed E-state index contributed by atoms with van der Waals surface area (Å²) in [6, 6.07) is 4.82. The molecule has 1 aromatic rings. The maximum absolute atomic E-state index is 11.5. The van der Waals surface area contributed by atoms with Crippen LogP contribution >= 0.6 is 0 Å². The Kier molecular flexibility index (Phi) is 4.45. The Balaban J connectivity index is 2.08.